The molecule has 0 aromatic rings. The van der Waals surface area contributed by atoms with Crippen LogP contribution in [0.4, 0.5) is 0 Å². The van der Waals surface area contributed by atoms with Crippen LogP contribution < -0.4 is 5.32 Å². The van der Waals surface area contributed by atoms with Gasteiger partial charge in [0.05, 0.1) is 18.8 Å². The van der Waals surface area contributed by atoms with Crippen LogP contribution in [0.1, 0.15) is 59.3 Å². The number of guanidine groups is 1. The Balaban J connectivity index is 2.06. The summed E-state index contributed by atoms with van der Waals surface area (Å²) in [7, 11) is 0. The number of piperidine rings is 1. The number of nitrogens with zero attached hydrogens (tertiary/aromatic N) is 2. The maximum atomic E-state index is 10.5. The van der Waals surface area contributed by atoms with E-state index < -0.39 is 5.60 Å². The smallest absolute Gasteiger partial charge is 0.194 e. The molecule has 1 spiro atoms. The molecule has 0 amide bonds. The van der Waals surface area contributed by atoms with E-state index in [1.54, 1.807) is 0 Å². The van der Waals surface area contributed by atoms with Crippen LogP contribution in [0.3, 0.4) is 0 Å². The zero-order valence-electron chi connectivity index (χ0n) is 15.2. The number of ether oxygens (including phenoxy) is 1. The molecule has 23 heavy (non-hydrogen) atoms. The first kappa shape index (κ1) is 18.5. The molecular weight excluding hydrogens is 290 g/mol. The van der Waals surface area contributed by atoms with Crippen LogP contribution in [0.5, 0.6) is 0 Å². The molecule has 0 aromatic heterocycles. The molecule has 5 nitrogen and oxygen atoms in total. The van der Waals surface area contributed by atoms with Crippen molar-refractivity contribution in [2.75, 3.05) is 39.4 Å². The summed E-state index contributed by atoms with van der Waals surface area (Å²) in [5.74, 6) is 0.956. The van der Waals surface area contributed by atoms with Crippen molar-refractivity contribution < 1.29 is 9.84 Å². The van der Waals surface area contributed by atoms with Crippen LogP contribution in [0.25, 0.3) is 0 Å². The first-order valence-electron chi connectivity index (χ1n) is 9.40. The zero-order chi connectivity index (χ0) is 16.8. The summed E-state index contributed by atoms with van der Waals surface area (Å²) in [6.07, 6.45) is 6.37. The van der Waals surface area contributed by atoms with Crippen molar-refractivity contribution in [2.45, 2.75) is 64.9 Å². The fourth-order valence-corrected chi connectivity index (χ4v) is 3.74. The molecular formula is C18H35N3O2. The lowest BCUT2D eigenvalue weighted by atomic mass is 9.76. The van der Waals surface area contributed by atoms with Gasteiger partial charge in [-0.15, -0.1) is 0 Å². The molecule has 2 rings (SSSR count). The normalized spacial score (nSPS) is 26.6. The van der Waals surface area contributed by atoms with E-state index in [0.29, 0.717) is 12.0 Å². The van der Waals surface area contributed by atoms with Crippen LogP contribution in [-0.2, 0) is 4.74 Å². The van der Waals surface area contributed by atoms with Gasteiger partial charge < -0.3 is 20.1 Å². The van der Waals surface area contributed by atoms with E-state index in [2.05, 4.69) is 17.1 Å². The highest BCUT2D eigenvalue weighted by molar-refractivity contribution is 5.80. The molecule has 5 heteroatoms. The summed E-state index contributed by atoms with van der Waals surface area (Å²) in [4.78, 5) is 7.15. The van der Waals surface area contributed by atoms with Crippen molar-refractivity contribution in [2.24, 2.45) is 10.4 Å². The largest absolute Gasteiger partial charge is 0.388 e. The Bertz CT molecular complexity index is 382. The molecule has 1 unspecified atom stereocenters. The summed E-state index contributed by atoms with van der Waals surface area (Å²) in [5.41, 5.74) is -0.374. The van der Waals surface area contributed by atoms with Gasteiger partial charge in [0.1, 0.15) is 0 Å². The summed E-state index contributed by atoms with van der Waals surface area (Å²) in [6, 6.07) is 0. The SMILES string of the molecule is CCNC(=NCC(O)(CC)CC)N1CCCC2(CCCOC2)C1. The molecule has 2 heterocycles. The number of hydrogen-bond donors (Lipinski definition) is 2. The van der Waals surface area contributed by atoms with Gasteiger partial charge in [-0.05, 0) is 45.4 Å². The van der Waals surface area contributed by atoms with Gasteiger partial charge in [0.2, 0.25) is 0 Å². The Labute approximate surface area is 141 Å². The first-order chi connectivity index (χ1) is 11.1. The molecule has 2 fully saturated rings. The van der Waals surface area contributed by atoms with Crippen LogP contribution in [0.15, 0.2) is 4.99 Å². The van der Waals surface area contributed by atoms with Crippen molar-refractivity contribution in [1.29, 1.82) is 0 Å². The molecule has 2 saturated heterocycles. The molecule has 0 bridgehead atoms. The van der Waals surface area contributed by atoms with Crippen molar-refractivity contribution in [3.8, 4) is 0 Å². The minimum absolute atomic E-state index is 0.304. The highest BCUT2D eigenvalue weighted by Crippen LogP contribution is 2.37. The fourth-order valence-electron chi connectivity index (χ4n) is 3.74. The standard InChI is InChI=1S/C18H35N3O2/c1-4-18(22,5-2)13-20-16(19-6-3)21-11-7-9-17(14-21)10-8-12-23-15-17/h22H,4-15H2,1-3H3,(H,19,20). The van der Waals surface area contributed by atoms with Crippen molar-refractivity contribution in [3.63, 3.8) is 0 Å². The van der Waals surface area contributed by atoms with Gasteiger partial charge in [-0.25, -0.2) is 0 Å². The lowest BCUT2D eigenvalue weighted by Gasteiger charge is -2.45. The second kappa shape index (κ2) is 8.34. The third-order valence-electron chi connectivity index (χ3n) is 5.54. The average molecular weight is 325 g/mol. The fraction of sp³-hybridized carbons (Fsp3) is 0.944. The van der Waals surface area contributed by atoms with Crippen LogP contribution >= 0.6 is 0 Å². The number of likely N-dealkylation sites (tertiary alicyclic amines) is 1. The van der Waals surface area contributed by atoms with E-state index in [4.69, 9.17) is 9.73 Å². The van der Waals surface area contributed by atoms with Gasteiger partial charge in [0.25, 0.3) is 0 Å². The topological polar surface area (TPSA) is 57.1 Å². The minimum atomic E-state index is -0.678. The summed E-state index contributed by atoms with van der Waals surface area (Å²) in [5, 5.41) is 13.9. The van der Waals surface area contributed by atoms with Gasteiger partial charge in [-0.2, -0.15) is 0 Å². The maximum Gasteiger partial charge on any atom is 0.194 e. The number of rotatable bonds is 5. The predicted octanol–water partition coefficient (Wildman–Crippen LogP) is 2.40. The van der Waals surface area contributed by atoms with Crippen LogP contribution in [0.2, 0.25) is 0 Å². The number of hydrogen-bond acceptors (Lipinski definition) is 3. The van der Waals surface area contributed by atoms with Crippen molar-refractivity contribution in [1.82, 2.24) is 10.2 Å². The first-order valence-corrected chi connectivity index (χ1v) is 9.40. The van der Waals surface area contributed by atoms with Gasteiger partial charge >= 0.3 is 0 Å². The number of aliphatic hydroxyl groups is 1. The highest BCUT2D eigenvalue weighted by atomic mass is 16.5. The zero-order valence-corrected chi connectivity index (χ0v) is 15.2. The van der Waals surface area contributed by atoms with E-state index in [1.165, 1.54) is 25.7 Å². The van der Waals surface area contributed by atoms with E-state index in [0.717, 1.165) is 51.6 Å². The third kappa shape index (κ3) is 4.83. The van der Waals surface area contributed by atoms with Crippen molar-refractivity contribution in [3.05, 3.63) is 0 Å². The predicted molar refractivity (Wildman–Crippen MR) is 94.8 cm³/mol. The van der Waals surface area contributed by atoms with E-state index in [9.17, 15) is 5.11 Å². The van der Waals surface area contributed by atoms with E-state index >= 15 is 0 Å². The molecule has 0 radical (unpaired) electrons. The molecule has 0 aromatic carbocycles. The van der Waals surface area contributed by atoms with E-state index in [-0.39, 0.29) is 0 Å². The minimum Gasteiger partial charge on any atom is -0.388 e. The second-order valence-electron chi connectivity index (χ2n) is 7.28. The molecule has 0 saturated carbocycles. The lowest BCUT2D eigenvalue weighted by Crippen LogP contribution is -2.53. The van der Waals surface area contributed by atoms with E-state index in [1.807, 2.05) is 13.8 Å². The number of aliphatic imine (C=N–C) groups is 1. The average Bonchev–Trinajstić information content (AvgIpc) is 2.59. The Hall–Kier alpha value is -0.810. The monoisotopic (exact) mass is 325 g/mol. The maximum absolute atomic E-state index is 10.5. The quantitative estimate of drug-likeness (QED) is 0.602. The third-order valence-corrected chi connectivity index (χ3v) is 5.54. The highest BCUT2D eigenvalue weighted by Gasteiger charge is 2.38. The van der Waals surface area contributed by atoms with Gasteiger partial charge in [0, 0.05) is 31.7 Å². The number of nitrogens with one attached hydrogen (secondary N) is 1. The summed E-state index contributed by atoms with van der Waals surface area (Å²) < 4.78 is 5.77. The van der Waals surface area contributed by atoms with Crippen LogP contribution in [0, 0.1) is 5.41 Å². The van der Waals surface area contributed by atoms with Gasteiger partial charge in [0.15, 0.2) is 5.96 Å². The summed E-state index contributed by atoms with van der Waals surface area (Å²) in [6.45, 7) is 11.4. The Morgan fingerprint density at radius 1 is 1.26 bits per heavy atom. The van der Waals surface area contributed by atoms with Crippen molar-refractivity contribution >= 4 is 5.96 Å². The summed E-state index contributed by atoms with van der Waals surface area (Å²) >= 11 is 0. The molecule has 2 N–H and O–H groups in total. The molecule has 0 aliphatic carbocycles. The lowest BCUT2D eigenvalue weighted by molar-refractivity contribution is -0.0371. The molecule has 2 aliphatic heterocycles. The Morgan fingerprint density at radius 3 is 2.61 bits per heavy atom. The molecule has 1 atom stereocenters. The molecule has 2 aliphatic rings. The Kier molecular flexibility index (Phi) is 6.72. The van der Waals surface area contributed by atoms with Crippen LogP contribution in [-0.4, -0.2) is 61.0 Å². The van der Waals surface area contributed by atoms with Gasteiger partial charge in [-0.3, -0.25) is 4.99 Å². The molecule has 134 valence electrons. The van der Waals surface area contributed by atoms with Gasteiger partial charge in [-0.1, -0.05) is 13.8 Å². The Morgan fingerprint density at radius 2 is 2.00 bits per heavy atom. The second-order valence-corrected chi connectivity index (χ2v) is 7.28.